The second-order valence-corrected chi connectivity index (χ2v) is 6.91. The van der Waals surface area contributed by atoms with Gasteiger partial charge in [0, 0.05) is 23.2 Å². The first-order chi connectivity index (χ1) is 12.7. The van der Waals surface area contributed by atoms with Crippen LogP contribution in [0.25, 0.3) is 22.2 Å². The quantitative estimate of drug-likeness (QED) is 0.741. The fraction of sp³-hybridized carbons (Fsp3) is 0.316. The van der Waals surface area contributed by atoms with Gasteiger partial charge >= 0.3 is 0 Å². The molecule has 0 spiro atoms. The Morgan fingerprint density at radius 3 is 2.85 bits per heavy atom. The summed E-state index contributed by atoms with van der Waals surface area (Å²) in [5.41, 5.74) is 3.09. The van der Waals surface area contributed by atoms with Gasteiger partial charge in [0.2, 0.25) is 0 Å². The van der Waals surface area contributed by atoms with E-state index in [0.717, 1.165) is 28.6 Å². The number of fused-ring (bicyclic) bond motifs is 2. The number of anilines is 1. The maximum atomic E-state index is 12.6. The average Bonchev–Trinajstić information content (AvgIpc) is 3.19. The van der Waals surface area contributed by atoms with Crippen molar-refractivity contribution in [1.29, 1.82) is 0 Å². The van der Waals surface area contributed by atoms with E-state index in [1.165, 1.54) is 6.33 Å². The van der Waals surface area contributed by atoms with E-state index in [1.807, 2.05) is 35.0 Å². The van der Waals surface area contributed by atoms with Crippen molar-refractivity contribution < 1.29 is 14.6 Å². The lowest BCUT2D eigenvalue weighted by Crippen LogP contribution is -2.16. The van der Waals surface area contributed by atoms with E-state index in [2.05, 4.69) is 22.2 Å². The van der Waals surface area contributed by atoms with Crippen LogP contribution in [0.2, 0.25) is 0 Å². The molecule has 2 aliphatic heterocycles. The minimum atomic E-state index is -0.214. The van der Waals surface area contributed by atoms with E-state index in [4.69, 9.17) is 4.74 Å². The smallest absolute Gasteiger partial charge is 0.257 e. The summed E-state index contributed by atoms with van der Waals surface area (Å²) in [6.07, 6.45) is 3.85. The number of aliphatic hydroxyl groups excluding tert-OH is 1. The largest absolute Gasteiger partial charge is 0.394 e. The number of rotatable bonds is 2. The van der Waals surface area contributed by atoms with Crippen LogP contribution < -0.4 is 5.32 Å². The molecule has 3 atom stereocenters. The van der Waals surface area contributed by atoms with Crippen molar-refractivity contribution in [2.45, 2.75) is 25.7 Å². The van der Waals surface area contributed by atoms with Crippen molar-refractivity contribution in [2.24, 2.45) is 5.92 Å². The third-order valence-corrected chi connectivity index (χ3v) is 5.23. The highest BCUT2D eigenvalue weighted by molar-refractivity contribution is 6.17. The van der Waals surface area contributed by atoms with E-state index in [0.29, 0.717) is 11.4 Å². The van der Waals surface area contributed by atoms with Crippen LogP contribution in [0.3, 0.4) is 0 Å². The van der Waals surface area contributed by atoms with Crippen LogP contribution in [0.1, 0.15) is 29.9 Å². The highest BCUT2D eigenvalue weighted by atomic mass is 16.5. The van der Waals surface area contributed by atoms with Crippen LogP contribution in [0, 0.1) is 5.92 Å². The van der Waals surface area contributed by atoms with Crippen LogP contribution >= 0.6 is 0 Å². The molecule has 0 radical (unpaired) electrons. The Hall–Kier alpha value is -2.77. The van der Waals surface area contributed by atoms with Gasteiger partial charge in [-0.15, -0.1) is 0 Å². The van der Waals surface area contributed by atoms with E-state index in [1.54, 1.807) is 0 Å². The first-order valence-corrected chi connectivity index (χ1v) is 8.70. The topological polar surface area (TPSA) is 89.3 Å². The predicted molar refractivity (Wildman–Crippen MR) is 95.7 cm³/mol. The van der Waals surface area contributed by atoms with E-state index < -0.39 is 0 Å². The molecule has 4 heterocycles. The summed E-state index contributed by atoms with van der Waals surface area (Å²) in [4.78, 5) is 21.3. The molecule has 3 aromatic rings. The van der Waals surface area contributed by atoms with Gasteiger partial charge in [-0.3, -0.25) is 4.79 Å². The second-order valence-electron chi connectivity index (χ2n) is 6.91. The van der Waals surface area contributed by atoms with Gasteiger partial charge in [-0.25, -0.2) is 9.97 Å². The summed E-state index contributed by atoms with van der Waals surface area (Å²) in [5.74, 6) is 0.574. The molecular formula is C19H18N4O3. The van der Waals surface area contributed by atoms with Crippen molar-refractivity contribution in [3.63, 3.8) is 0 Å². The number of nitrogens with one attached hydrogen (secondary N) is 1. The van der Waals surface area contributed by atoms with Crippen molar-refractivity contribution in [3.8, 4) is 11.1 Å². The summed E-state index contributed by atoms with van der Waals surface area (Å²) in [7, 11) is 0. The lowest BCUT2D eigenvalue weighted by atomic mass is 10.0. The molecule has 0 saturated carbocycles. The zero-order valence-electron chi connectivity index (χ0n) is 14.2. The SMILES string of the molecule is C[C@H]1C[C@@H](CO)O[C@H]1n1cc2c3c(ncnc31)NC(=O)c1ccccc1-2. The zero-order chi connectivity index (χ0) is 17.8. The number of hydrogen-bond acceptors (Lipinski definition) is 5. The normalized spacial score (nSPS) is 24.4. The number of amides is 1. The van der Waals surface area contributed by atoms with Gasteiger partial charge in [0.25, 0.3) is 5.91 Å². The van der Waals surface area contributed by atoms with Crippen LogP contribution in [-0.4, -0.2) is 38.3 Å². The summed E-state index contributed by atoms with van der Waals surface area (Å²) < 4.78 is 8.05. The molecule has 2 N–H and O–H groups in total. The highest BCUT2D eigenvalue weighted by Gasteiger charge is 2.35. The number of nitrogens with zero attached hydrogens (tertiary/aromatic N) is 3. The first kappa shape index (κ1) is 15.5. The standard InChI is InChI=1S/C19H18N4O3/c1-10-6-11(8-24)26-19(10)23-7-14-12-4-2-3-5-13(12)18(25)22-16-15(14)17(23)21-9-20-16/h2-5,7,9-11,19,24H,6,8H2,1H3,(H,20,21,22,25)/t10-,11-,19+/m0/s1. The van der Waals surface area contributed by atoms with Crippen molar-refractivity contribution >= 4 is 22.8 Å². The molecule has 2 aromatic heterocycles. The number of aliphatic hydroxyl groups is 1. The van der Waals surface area contributed by atoms with Crippen LogP contribution in [0.5, 0.6) is 0 Å². The van der Waals surface area contributed by atoms with Crippen molar-refractivity contribution in [1.82, 2.24) is 14.5 Å². The van der Waals surface area contributed by atoms with Gasteiger partial charge in [-0.1, -0.05) is 25.1 Å². The maximum absolute atomic E-state index is 12.6. The number of carbonyl (C=O) groups is 1. The molecule has 1 aromatic carbocycles. The number of carbonyl (C=O) groups excluding carboxylic acids is 1. The van der Waals surface area contributed by atoms with Crippen LogP contribution in [-0.2, 0) is 4.74 Å². The lowest BCUT2D eigenvalue weighted by Gasteiger charge is -2.18. The van der Waals surface area contributed by atoms with Gasteiger partial charge in [0.15, 0.2) is 0 Å². The molecule has 0 bridgehead atoms. The first-order valence-electron chi connectivity index (χ1n) is 8.70. The molecule has 0 aliphatic carbocycles. The summed E-state index contributed by atoms with van der Waals surface area (Å²) >= 11 is 0. The summed E-state index contributed by atoms with van der Waals surface area (Å²) in [5, 5.41) is 13.2. The Labute approximate surface area is 149 Å². The van der Waals surface area contributed by atoms with Gasteiger partial charge in [0.1, 0.15) is 24.0 Å². The third kappa shape index (κ3) is 2.11. The number of aromatic nitrogens is 3. The summed E-state index contributed by atoms with van der Waals surface area (Å²) in [6, 6.07) is 7.51. The van der Waals surface area contributed by atoms with E-state index in [9.17, 15) is 9.90 Å². The number of hydrogen-bond donors (Lipinski definition) is 2. The fourth-order valence-corrected chi connectivity index (χ4v) is 4.04. The maximum Gasteiger partial charge on any atom is 0.257 e. The molecule has 1 amide bonds. The monoisotopic (exact) mass is 350 g/mol. The average molecular weight is 350 g/mol. The Bertz CT molecular complexity index is 1030. The minimum absolute atomic E-state index is 0.00598. The highest BCUT2D eigenvalue weighted by Crippen LogP contribution is 2.42. The molecule has 1 fully saturated rings. The Morgan fingerprint density at radius 1 is 1.27 bits per heavy atom. The fourth-order valence-electron chi connectivity index (χ4n) is 4.04. The Balaban J connectivity index is 1.76. The van der Waals surface area contributed by atoms with Gasteiger partial charge in [-0.2, -0.15) is 0 Å². The lowest BCUT2D eigenvalue weighted by molar-refractivity contribution is -0.0291. The van der Waals surface area contributed by atoms with Crippen LogP contribution in [0.4, 0.5) is 5.82 Å². The number of ether oxygens (including phenoxy) is 1. The van der Waals surface area contributed by atoms with Gasteiger partial charge in [0.05, 0.1) is 18.1 Å². The molecule has 7 nitrogen and oxygen atoms in total. The van der Waals surface area contributed by atoms with E-state index >= 15 is 0 Å². The zero-order valence-corrected chi connectivity index (χ0v) is 14.2. The molecule has 0 unspecified atom stereocenters. The van der Waals surface area contributed by atoms with Crippen molar-refractivity contribution in [2.75, 3.05) is 11.9 Å². The second kappa shape index (κ2) is 5.62. The van der Waals surface area contributed by atoms with E-state index in [-0.39, 0.29) is 30.8 Å². The van der Waals surface area contributed by atoms with Gasteiger partial charge in [-0.05, 0) is 18.1 Å². The molecule has 7 heteroatoms. The Morgan fingerprint density at radius 2 is 2.08 bits per heavy atom. The minimum Gasteiger partial charge on any atom is -0.394 e. The molecule has 132 valence electrons. The molecule has 1 saturated heterocycles. The van der Waals surface area contributed by atoms with Gasteiger partial charge < -0.3 is 19.7 Å². The molecule has 5 rings (SSSR count). The summed E-state index contributed by atoms with van der Waals surface area (Å²) in [6.45, 7) is 2.11. The number of benzene rings is 1. The third-order valence-electron chi connectivity index (χ3n) is 5.23. The molecular weight excluding hydrogens is 332 g/mol. The molecule has 2 aliphatic rings. The van der Waals surface area contributed by atoms with Crippen molar-refractivity contribution in [3.05, 3.63) is 42.4 Å². The predicted octanol–water partition coefficient (Wildman–Crippen LogP) is 2.58. The van der Waals surface area contributed by atoms with Crippen LogP contribution in [0.15, 0.2) is 36.8 Å². The Kier molecular flexibility index (Phi) is 3.35. The molecule has 26 heavy (non-hydrogen) atoms.